The molecular weight excluding hydrogens is 324 g/mol. The van der Waals surface area contributed by atoms with E-state index in [0.29, 0.717) is 10.9 Å². The summed E-state index contributed by atoms with van der Waals surface area (Å²) in [4.78, 5) is 36.7. The molecule has 1 heterocycles. The van der Waals surface area contributed by atoms with Gasteiger partial charge in [-0.25, -0.2) is 4.79 Å². The number of benzene rings is 1. The van der Waals surface area contributed by atoms with Crippen molar-refractivity contribution < 1.29 is 14.7 Å². The lowest BCUT2D eigenvalue weighted by Crippen LogP contribution is -2.49. The molecule has 25 heavy (non-hydrogen) atoms. The second kappa shape index (κ2) is 7.42. The molecule has 0 aliphatic rings. The van der Waals surface area contributed by atoms with Crippen LogP contribution in [0.4, 0.5) is 0 Å². The van der Waals surface area contributed by atoms with E-state index in [1.165, 1.54) is 0 Å². The van der Waals surface area contributed by atoms with Crippen LogP contribution in [0.3, 0.4) is 0 Å². The van der Waals surface area contributed by atoms with Gasteiger partial charge in [0.25, 0.3) is 5.56 Å². The highest BCUT2D eigenvalue weighted by molar-refractivity contribution is 5.86. The molecule has 0 unspecified atom stereocenters. The van der Waals surface area contributed by atoms with E-state index in [1.807, 2.05) is 0 Å². The maximum Gasteiger partial charge on any atom is 0.326 e. The molecule has 0 aliphatic heterocycles. The molecule has 8 nitrogen and oxygen atoms in total. The lowest BCUT2D eigenvalue weighted by Gasteiger charge is -2.25. The lowest BCUT2D eigenvalue weighted by molar-refractivity contribution is -0.144. The van der Waals surface area contributed by atoms with Crippen molar-refractivity contribution in [1.82, 2.24) is 20.3 Å². The van der Waals surface area contributed by atoms with Crippen LogP contribution in [0, 0.1) is 11.8 Å². The van der Waals surface area contributed by atoms with Crippen LogP contribution in [0.25, 0.3) is 10.9 Å². The van der Waals surface area contributed by atoms with Crippen LogP contribution in [-0.4, -0.2) is 38.0 Å². The minimum absolute atomic E-state index is 0.283. The molecule has 8 heteroatoms. The van der Waals surface area contributed by atoms with E-state index < -0.39 is 29.5 Å². The number of amides is 1. The van der Waals surface area contributed by atoms with E-state index in [9.17, 15) is 19.5 Å². The number of aromatic nitrogens is 3. The number of hydrogen-bond donors (Lipinski definition) is 2. The maximum atomic E-state index is 12.7. The zero-order valence-electron chi connectivity index (χ0n) is 14.6. The number of carbonyl (C=O) groups is 2. The number of fused-ring (bicyclic) bond motifs is 1. The predicted octanol–water partition coefficient (Wildman–Crippen LogP) is 1.21. The molecule has 0 saturated carbocycles. The third-order valence-electron chi connectivity index (χ3n) is 3.99. The molecule has 2 atom stereocenters. The molecule has 2 N–H and O–H groups in total. The summed E-state index contributed by atoms with van der Waals surface area (Å²) in [7, 11) is 0. The first-order valence-corrected chi connectivity index (χ1v) is 8.11. The van der Waals surface area contributed by atoms with E-state index in [0.717, 1.165) is 4.68 Å². The molecule has 0 spiro atoms. The van der Waals surface area contributed by atoms with Gasteiger partial charge < -0.3 is 10.4 Å². The summed E-state index contributed by atoms with van der Waals surface area (Å²) in [6.07, 6.45) is 0. The Hall–Kier alpha value is -2.77. The van der Waals surface area contributed by atoms with E-state index in [4.69, 9.17) is 0 Å². The number of carboxylic acid groups (broad SMARTS) is 1. The average molecular weight is 346 g/mol. The van der Waals surface area contributed by atoms with Crippen LogP contribution in [0.2, 0.25) is 0 Å². The highest BCUT2D eigenvalue weighted by Crippen LogP contribution is 2.17. The fraction of sp³-hybridized carbons (Fsp3) is 0.471. The summed E-state index contributed by atoms with van der Waals surface area (Å²) in [6.45, 7) is 6.92. The van der Waals surface area contributed by atoms with Gasteiger partial charge >= 0.3 is 5.97 Å². The second-order valence-corrected chi connectivity index (χ2v) is 6.61. The third-order valence-corrected chi connectivity index (χ3v) is 3.99. The van der Waals surface area contributed by atoms with Gasteiger partial charge in [0.1, 0.15) is 17.6 Å². The minimum Gasteiger partial charge on any atom is -0.480 e. The van der Waals surface area contributed by atoms with Crippen LogP contribution in [-0.2, 0) is 9.59 Å². The van der Waals surface area contributed by atoms with Crippen LogP contribution < -0.4 is 10.9 Å². The first-order chi connectivity index (χ1) is 11.7. The molecule has 0 bridgehead atoms. The van der Waals surface area contributed by atoms with Crippen molar-refractivity contribution in [3.8, 4) is 0 Å². The van der Waals surface area contributed by atoms with Crippen LogP contribution >= 0.6 is 0 Å². The minimum atomic E-state index is -1.12. The van der Waals surface area contributed by atoms with Gasteiger partial charge in [-0.05, 0) is 24.0 Å². The quantitative estimate of drug-likeness (QED) is 0.813. The fourth-order valence-electron chi connectivity index (χ4n) is 2.63. The SMILES string of the molecule is CC(C)[C@H](NC(=O)[C@H](C(C)C)n1nnc2ccccc2c1=O)C(=O)O. The standard InChI is InChI=1S/C17H22N4O4/c1-9(2)13(17(24)25)18-15(22)14(10(3)4)21-16(23)11-7-5-6-8-12(11)19-20-21/h5-10,13-14H,1-4H3,(H,18,22)(H,24,25)/t13-,14-/m0/s1. The number of carbonyl (C=O) groups excluding carboxylic acids is 1. The van der Waals surface area contributed by atoms with E-state index in [-0.39, 0.29) is 11.8 Å². The van der Waals surface area contributed by atoms with Gasteiger partial charge in [-0.3, -0.25) is 9.59 Å². The Bertz CT molecular complexity index is 844. The summed E-state index contributed by atoms with van der Waals surface area (Å²) in [6, 6.07) is 4.74. The molecule has 1 amide bonds. The van der Waals surface area contributed by atoms with Crippen LogP contribution in [0.15, 0.2) is 29.1 Å². The smallest absolute Gasteiger partial charge is 0.326 e. The van der Waals surface area contributed by atoms with E-state index >= 15 is 0 Å². The van der Waals surface area contributed by atoms with Gasteiger partial charge in [0.05, 0.1) is 5.39 Å². The Morgan fingerprint density at radius 2 is 1.76 bits per heavy atom. The highest BCUT2D eigenvalue weighted by atomic mass is 16.4. The van der Waals surface area contributed by atoms with Crippen molar-refractivity contribution in [3.63, 3.8) is 0 Å². The number of nitrogens with zero attached hydrogens (tertiary/aromatic N) is 3. The van der Waals surface area contributed by atoms with Crippen molar-refractivity contribution in [2.45, 2.75) is 39.8 Å². The summed E-state index contributed by atoms with van der Waals surface area (Å²) < 4.78 is 1.03. The van der Waals surface area contributed by atoms with Crippen molar-refractivity contribution in [2.75, 3.05) is 0 Å². The number of hydrogen-bond acceptors (Lipinski definition) is 5. The molecule has 2 rings (SSSR count). The highest BCUT2D eigenvalue weighted by Gasteiger charge is 2.32. The van der Waals surface area contributed by atoms with Crippen LogP contribution in [0.1, 0.15) is 33.7 Å². The topological polar surface area (TPSA) is 114 Å². The predicted molar refractivity (Wildman–Crippen MR) is 92.1 cm³/mol. The van der Waals surface area contributed by atoms with Gasteiger partial charge in [-0.1, -0.05) is 45.0 Å². The molecule has 2 aromatic rings. The van der Waals surface area contributed by atoms with Crippen molar-refractivity contribution in [3.05, 3.63) is 34.6 Å². The maximum absolute atomic E-state index is 12.7. The second-order valence-electron chi connectivity index (χ2n) is 6.61. The zero-order valence-corrected chi connectivity index (χ0v) is 14.6. The van der Waals surface area contributed by atoms with Gasteiger partial charge in [0, 0.05) is 0 Å². The lowest BCUT2D eigenvalue weighted by atomic mass is 10.0. The van der Waals surface area contributed by atoms with Gasteiger partial charge in [-0.15, -0.1) is 5.10 Å². The van der Waals surface area contributed by atoms with Crippen molar-refractivity contribution >= 4 is 22.8 Å². The molecule has 0 fully saturated rings. The average Bonchev–Trinajstić information content (AvgIpc) is 2.54. The first-order valence-electron chi connectivity index (χ1n) is 8.11. The summed E-state index contributed by atoms with van der Waals surface area (Å²) in [5, 5.41) is 20.0. The number of carboxylic acids is 1. The summed E-state index contributed by atoms with van der Waals surface area (Å²) in [5.41, 5.74) is 0.00753. The zero-order chi connectivity index (χ0) is 18.7. The summed E-state index contributed by atoms with van der Waals surface area (Å²) in [5.74, 6) is -2.27. The molecular formula is C17H22N4O4. The molecule has 1 aromatic heterocycles. The fourth-order valence-corrected chi connectivity index (χ4v) is 2.63. The Labute approximate surface area is 144 Å². The molecule has 134 valence electrons. The molecule has 0 radical (unpaired) electrons. The van der Waals surface area contributed by atoms with Gasteiger partial charge in [0.2, 0.25) is 5.91 Å². The van der Waals surface area contributed by atoms with Gasteiger partial charge in [-0.2, -0.15) is 4.68 Å². The molecule has 0 aliphatic carbocycles. The van der Waals surface area contributed by atoms with Crippen molar-refractivity contribution in [2.24, 2.45) is 11.8 Å². The Morgan fingerprint density at radius 1 is 1.12 bits per heavy atom. The summed E-state index contributed by atoms with van der Waals surface area (Å²) >= 11 is 0. The Balaban J connectivity index is 2.45. The van der Waals surface area contributed by atoms with Crippen molar-refractivity contribution in [1.29, 1.82) is 0 Å². The third kappa shape index (κ3) is 3.84. The number of nitrogens with one attached hydrogen (secondary N) is 1. The molecule has 0 saturated heterocycles. The van der Waals surface area contributed by atoms with Gasteiger partial charge in [0.15, 0.2) is 0 Å². The monoisotopic (exact) mass is 346 g/mol. The Morgan fingerprint density at radius 3 is 2.32 bits per heavy atom. The Kier molecular flexibility index (Phi) is 5.51. The number of aliphatic carboxylic acids is 1. The first kappa shape index (κ1) is 18.6. The molecule has 1 aromatic carbocycles. The largest absolute Gasteiger partial charge is 0.480 e. The van der Waals surface area contributed by atoms with Crippen LogP contribution in [0.5, 0.6) is 0 Å². The van der Waals surface area contributed by atoms with E-state index in [2.05, 4.69) is 15.6 Å². The van der Waals surface area contributed by atoms with E-state index in [1.54, 1.807) is 52.0 Å². The number of rotatable bonds is 6. The normalized spacial score (nSPS) is 13.8.